The van der Waals surface area contributed by atoms with Crippen molar-refractivity contribution < 1.29 is 0 Å². The molecule has 0 saturated carbocycles. The highest BCUT2D eigenvalue weighted by Crippen LogP contribution is 2.23. The molecule has 0 unspecified atom stereocenters. The van der Waals surface area contributed by atoms with Crippen LogP contribution >= 0.6 is 11.6 Å². The van der Waals surface area contributed by atoms with Gasteiger partial charge in [-0.3, -0.25) is 0 Å². The lowest BCUT2D eigenvalue weighted by atomic mass is 10.3. The van der Waals surface area contributed by atoms with Gasteiger partial charge in [0.1, 0.15) is 5.82 Å². The first-order valence-electron chi connectivity index (χ1n) is 6.42. The molecule has 0 saturated heterocycles. The Morgan fingerprint density at radius 3 is 2.86 bits per heavy atom. The van der Waals surface area contributed by atoms with Gasteiger partial charge in [-0.05, 0) is 24.3 Å². The minimum Gasteiger partial charge on any atom is -0.336 e. The van der Waals surface area contributed by atoms with Crippen LogP contribution in [0.4, 0.5) is 0 Å². The van der Waals surface area contributed by atoms with Crippen LogP contribution < -0.4 is 0 Å². The van der Waals surface area contributed by atoms with Crippen molar-refractivity contribution in [2.24, 2.45) is 0 Å². The van der Waals surface area contributed by atoms with Gasteiger partial charge in [-0.1, -0.05) is 23.7 Å². The predicted octanol–water partition coefficient (Wildman–Crippen LogP) is 3.46. The summed E-state index contributed by atoms with van der Waals surface area (Å²) in [5, 5.41) is 5.00. The highest BCUT2D eigenvalue weighted by atomic mass is 35.5. The molecule has 4 rings (SSSR count). The Hall–Kier alpha value is -2.66. The van der Waals surface area contributed by atoms with E-state index >= 15 is 0 Å². The molecule has 3 aromatic heterocycles. The van der Waals surface area contributed by atoms with Crippen LogP contribution in [0, 0.1) is 0 Å². The van der Waals surface area contributed by atoms with Crippen LogP contribution in [0.15, 0.2) is 55.0 Å². The molecule has 1 aromatic carbocycles. The molecule has 0 aliphatic rings. The molecule has 0 aliphatic heterocycles. The van der Waals surface area contributed by atoms with Crippen LogP contribution in [0.5, 0.6) is 0 Å². The van der Waals surface area contributed by atoms with E-state index in [2.05, 4.69) is 20.1 Å². The second-order valence-corrected chi connectivity index (χ2v) is 4.99. The van der Waals surface area contributed by atoms with Crippen molar-refractivity contribution in [1.29, 1.82) is 0 Å². The molecule has 5 nitrogen and oxygen atoms in total. The number of benzene rings is 1. The van der Waals surface area contributed by atoms with Gasteiger partial charge in [0, 0.05) is 12.4 Å². The number of para-hydroxylation sites is 1. The lowest BCUT2D eigenvalue weighted by Gasteiger charge is -2.02. The molecule has 6 heteroatoms. The van der Waals surface area contributed by atoms with E-state index in [0.29, 0.717) is 10.7 Å². The van der Waals surface area contributed by atoms with Gasteiger partial charge in [-0.25, -0.2) is 14.6 Å². The second kappa shape index (κ2) is 4.71. The number of rotatable bonds is 2. The fraction of sp³-hybridized carbons (Fsp3) is 0. The zero-order valence-corrected chi connectivity index (χ0v) is 11.6. The van der Waals surface area contributed by atoms with Gasteiger partial charge < -0.3 is 4.98 Å². The molecule has 0 spiro atoms. The van der Waals surface area contributed by atoms with Crippen LogP contribution in [0.25, 0.3) is 28.2 Å². The van der Waals surface area contributed by atoms with Gasteiger partial charge in [-0.2, -0.15) is 5.10 Å². The van der Waals surface area contributed by atoms with Gasteiger partial charge in [-0.15, -0.1) is 0 Å². The summed E-state index contributed by atoms with van der Waals surface area (Å²) in [5.41, 5.74) is 3.31. The number of fused-ring (bicyclic) bond motifs is 1. The number of nitrogens with one attached hydrogen (secondary N) is 1. The van der Waals surface area contributed by atoms with Crippen molar-refractivity contribution >= 4 is 22.8 Å². The van der Waals surface area contributed by atoms with Crippen LogP contribution in [0.3, 0.4) is 0 Å². The van der Waals surface area contributed by atoms with E-state index in [4.69, 9.17) is 11.6 Å². The Labute approximate surface area is 125 Å². The summed E-state index contributed by atoms with van der Waals surface area (Å²) in [6.07, 6.45) is 5.36. The average molecular weight is 296 g/mol. The van der Waals surface area contributed by atoms with Crippen molar-refractivity contribution in [3.8, 4) is 17.1 Å². The number of H-pyrrole nitrogens is 1. The van der Waals surface area contributed by atoms with E-state index in [-0.39, 0.29) is 0 Å². The van der Waals surface area contributed by atoms with Crippen LogP contribution in [-0.4, -0.2) is 24.7 Å². The molecular formula is C15H10ClN5. The fourth-order valence-corrected chi connectivity index (χ4v) is 2.42. The van der Waals surface area contributed by atoms with Crippen molar-refractivity contribution in [2.45, 2.75) is 0 Å². The Balaban J connectivity index is 1.79. The summed E-state index contributed by atoms with van der Waals surface area (Å²) >= 11 is 6.18. The Bertz CT molecular complexity index is 891. The summed E-state index contributed by atoms with van der Waals surface area (Å²) in [7, 11) is 0. The van der Waals surface area contributed by atoms with E-state index in [1.807, 2.05) is 42.6 Å². The average Bonchev–Trinajstić information content (AvgIpc) is 3.14. The molecule has 0 amide bonds. The highest BCUT2D eigenvalue weighted by molar-refractivity contribution is 6.32. The van der Waals surface area contributed by atoms with E-state index in [0.717, 1.165) is 22.6 Å². The van der Waals surface area contributed by atoms with Gasteiger partial charge in [0.2, 0.25) is 0 Å². The number of hydrogen-bond donors (Lipinski definition) is 1. The van der Waals surface area contributed by atoms with Gasteiger partial charge in [0.15, 0.2) is 5.65 Å². The maximum atomic E-state index is 6.18. The largest absolute Gasteiger partial charge is 0.336 e. The lowest BCUT2D eigenvalue weighted by molar-refractivity contribution is 0.881. The van der Waals surface area contributed by atoms with E-state index in [1.165, 1.54) is 0 Å². The number of aromatic nitrogens is 5. The first kappa shape index (κ1) is 12.1. The zero-order chi connectivity index (χ0) is 14.2. The molecule has 102 valence electrons. The minimum atomic E-state index is 0.651. The summed E-state index contributed by atoms with van der Waals surface area (Å²) in [4.78, 5) is 11.9. The van der Waals surface area contributed by atoms with Crippen LogP contribution in [-0.2, 0) is 0 Å². The number of aromatic amines is 1. The summed E-state index contributed by atoms with van der Waals surface area (Å²) in [6, 6.07) is 11.4. The zero-order valence-electron chi connectivity index (χ0n) is 10.9. The lowest BCUT2D eigenvalue weighted by Crippen LogP contribution is -1.94. The molecule has 3 heterocycles. The topological polar surface area (TPSA) is 59.4 Å². The number of nitrogens with zero attached hydrogens (tertiary/aromatic N) is 4. The number of pyridine rings is 1. The van der Waals surface area contributed by atoms with Crippen LogP contribution in [0.2, 0.25) is 5.02 Å². The highest BCUT2D eigenvalue weighted by Gasteiger charge is 2.10. The number of imidazole rings is 1. The molecule has 0 aliphatic carbocycles. The fourth-order valence-electron chi connectivity index (χ4n) is 2.20. The smallest absolute Gasteiger partial charge is 0.178 e. The molecule has 1 N–H and O–H groups in total. The number of hydrogen-bond acceptors (Lipinski definition) is 3. The standard InChI is InChI=1S/C15H10ClN5/c16-11-4-1-2-6-13(11)21-9-10(8-18-21)14-19-12-5-3-7-17-15(12)20-14/h1-9H,(H,17,19,20). The normalized spacial score (nSPS) is 11.1. The summed E-state index contributed by atoms with van der Waals surface area (Å²) in [6.45, 7) is 0. The predicted molar refractivity (Wildman–Crippen MR) is 81.5 cm³/mol. The molecular weight excluding hydrogens is 286 g/mol. The van der Waals surface area contributed by atoms with E-state index in [9.17, 15) is 0 Å². The van der Waals surface area contributed by atoms with Crippen molar-refractivity contribution in [2.75, 3.05) is 0 Å². The first-order chi connectivity index (χ1) is 10.3. The Kier molecular flexibility index (Phi) is 2.72. The third kappa shape index (κ3) is 2.08. The quantitative estimate of drug-likeness (QED) is 0.616. The Morgan fingerprint density at radius 2 is 2.00 bits per heavy atom. The monoisotopic (exact) mass is 295 g/mol. The molecule has 0 fully saturated rings. The van der Waals surface area contributed by atoms with Gasteiger partial charge >= 0.3 is 0 Å². The molecule has 0 atom stereocenters. The minimum absolute atomic E-state index is 0.651. The second-order valence-electron chi connectivity index (χ2n) is 4.58. The van der Waals surface area contributed by atoms with Crippen LogP contribution in [0.1, 0.15) is 0 Å². The molecule has 21 heavy (non-hydrogen) atoms. The molecule has 0 bridgehead atoms. The molecule has 0 radical (unpaired) electrons. The maximum absolute atomic E-state index is 6.18. The van der Waals surface area contributed by atoms with Crippen molar-refractivity contribution in [3.63, 3.8) is 0 Å². The van der Waals surface area contributed by atoms with Crippen molar-refractivity contribution in [3.05, 3.63) is 60.0 Å². The van der Waals surface area contributed by atoms with Gasteiger partial charge in [0.25, 0.3) is 0 Å². The molecule has 4 aromatic rings. The van der Waals surface area contributed by atoms with Crippen molar-refractivity contribution in [1.82, 2.24) is 24.7 Å². The summed E-state index contributed by atoms with van der Waals surface area (Å²) < 4.78 is 1.73. The maximum Gasteiger partial charge on any atom is 0.178 e. The summed E-state index contributed by atoms with van der Waals surface area (Å²) in [5.74, 6) is 0.738. The third-order valence-electron chi connectivity index (χ3n) is 3.21. The number of halogens is 1. The first-order valence-corrected chi connectivity index (χ1v) is 6.80. The Morgan fingerprint density at radius 1 is 1.10 bits per heavy atom. The van der Waals surface area contributed by atoms with Gasteiger partial charge in [0.05, 0.1) is 28.0 Å². The van der Waals surface area contributed by atoms with E-state index < -0.39 is 0 Å². The SMILES string of the molecule is Clc1ccccc1-n1cc(-c2nc3ncccc3[nH]2)cn1. The van der Waals surface area contributed by atoms with E-state index in [1.54, 1.807) is 17.1 Å². The third-order valence-corrected chi connectivity index (χ3v) is 3.53.